The number of unbranched alkanes of at least 4 members (excludes halogenated alkanes) is 5. The van der Waals surface area contributed by atoms with Crippen LogP contribution < -0.4 is 0 Å². The summed E-state index contributed by atoms with van der Waals surface area (Å²) in [6, 6.07) is 0. The molecule has 1 N–H and O–H groups in total. The van der Waals surface area contributed by atoms with Gasteiger partial charge in [-0.25, -0.2) is 0 Å². The monoisotopic (exact) mass is 426 g/mol. The zero-order chi connectivity index (χ0) is 21.8. The van der Waals surface area contributed by atoms with Gasteiger partial charge in [0.15, 0.2) is 0 Å². The van der Waals surface area contributed by atoms with Gasteiger partial charge >= 0.3 is 5.97 Å². The van der Waals surface area contributed by atoms with Crippen LogP contribution in [0.25, 0.3) is 0 Å². The van der Waals surface area contributed by atoms with Crippen LogP contribution in [0.4, 0.5) is 0 Å². The summed E-state index contributed by atoms with van der Waals surface area (Å²) in [6.45, 7) is 7.96. The van der Waals surface area contributed by atoms with Crippen molar-refractivity contribution in [1.29, 1.82) is 0 Å². The SMILES string of the molecule is CCCCCC(C)(O)CC[C@H]1CC2OCCOC2[C@@H]1CCCCCCC(=O)OCC. The third-order valence-corrected chi connectivity index (χ3v) is 7.00. The Labute approximate surface area is 184 Å². The molecular formula is C25H46O5. The number of rotatable bonds is 15. The molecule has 3 unspecified atom stereocenters. The Morgan fingerprint density at radius 2 is 1.77 bits per heavy atom. The molecule has 0 amide bonds. The summed E-state index contributed by atoms with van der Waals surface area (Å²) in [4.78, 5) is 11.4. The van der Waals surface area contributed by atoms with Crippen LogP contribution in [0.3, 0.4) is 0 Å². The maximum absolute atomic E-state index is 11.4. The minimum atomic E-state index is -0.553. The third-order valence-electron chi connectivity index (χ3n) is 7.00. The van der Waals surface area contributed by atoms with Crippen molar-refractivity contribution >= 4 is 5.97 Å². The summed E-state index contributed by atoms with van der Waals surface area (Å²) in [7, 11) is 0. The quantitative estimate of drug-likeness (QED) is 0.280. The predicted molar refractivity (Wildman–Crippen MR) is 119 cm³/mol. The number of fused-ring (bicyclic) bond motifs is 1. The van der Waals surface area contributed by atoms with Crippen molar-refractivity contribution in [3.63, 3.8) is 0 Å². The molecule has 5 heteroatoms. The fraction of sp³-hybridized carbons (Fsp3) is 0.960. The maximum Gasteiger partial charge on any atom is 0.305 e. The number of carbonyl (C=O) groups excluding carboxylic acids is 1. The zero-order valence-corrected chi connectivity index (χ0v) is 19.7. The maximum atomic E-state index is 11.4. The highest BCUT2D eigenvalue weighted by Crippen LogP contribution is 2.44. The second-order valence-corrected chi connectivity index (χ2v) is 9.65. The molecule has 1 heterocycles. The first-order valence-electron chi connectivity index (χ1n) is 12.6. The fourth-order valence-electron chi connectivity index (χ4n) is 5.27. The molecule has 1 aliphatic carbocycles. The van der Waals surface area contributed by atoms with Gasteiger partial charge in [-0.1, -0.05) is 45.4 Å². The summed E-state index contributed by atoms with van der Waals surface area (Å²) in [6.07, 6.45) is 13.9. The van der Waals surface area contributed by atoms with Crippen molar-refractivity contribution in [2.75, 3.05) is 19.8 Å². The van der Waals surface area contributed by atoms with Crippen molar-refractivity contribution in [1.82, 2.24) is 0 Å². The fourth-order valence-corrected chi connectivity index (χ4v) is 5.27. The predicted octanol–water partition coefficient (Wildman–Crippen LogP) is 5.42. The molecule has 2 rings (SSSR count). The molecule has 0 aromatic heterocycles. The molecule has 5 nitrogen and oxygen atoms in total. The minimum Gasteiger partial charge on any atom is -0.466 e. The number of aliphatic hydroxyl groups is 1. The molecular weight excluding hydrogens is 380 g/mol. The molecule has 0 bridgehead atoms. The Balaban J connectivity index is 1.75. The van der Waals surface area contributed by atoms with E-state index in [1.165, 1.54) is 19.3 Å². The molecule has 2 aliphatic rings. The molecule has 30 heavy (non-hydrogen) atoms. The van der Waals surface area contributed by atoms with Crippen LogP contribution >= 0.6 is 0 Å². The van der Waals surface area contributed by atoms with Gasteiger partial charge in [0.05, 0.1) is 37.6 Å². The van der Waals surface area contributed by atoms with Crippen LogP contribution in [-0.4, -0.2) is 48.7 Å². The number of hydrogen-bond donors (Lipinski definition) is 1. The van der Waals surface area contributed by atoms with E-state index in [4.69, 9.17) is 14.2 Å². The summed E-state index contributed by atoms with van der Waals surface area (Å²) >= 11 is 0. The van der Waals surface area contributed by atoms with Crippen molar-refractivity contribution < 1.29 is 24.1 Å². The molecule has 1 saturated carbocycles. The van der Waals surface area contributed by atoms with E-state index in [1.807, 2.05) is 13.8 Å². The molecule has 176 valence electrons. The highest BCUT2D eigenvalue weighted by Gasteiger charge is 2.45. The summed E-state index contributed by atoms with van der Waals surface area (Å²) in [5, 5.41) is 10.8. The van der Waals surface area contributed by atoms with Crippen LogP contribution in [-0.2, 0) is 19.0 Å². The lowest BCUT2D eigenvalue weighted by molar-refractivity contribution is -0.143. The van der Waals surface area contributed by atoms with Crippen LogP contribution in [0.1, 0.15) is 104 Å². The Bertz CT molecular complexity index is 478. The molecule has 5 atom stereocenters. The topological polar surface area (TPSA) is 65.0 Å². The Hall–Kier alpha value is -0.650. The minimum absolute atomic E-state index is 0.0741. The average molecular weight is 427 g/mol. The first-order chi connectivity index (χ1) is 14.5. The lowest BCUT2D eigenvalue weighted by Gasteiger charge is -2.31. The van der Waals surface area contributed by atoms with E-state index in [-0.39, 0.29) is 18.2 Å². The van der Waals surface area contributed by atoms with Gasteiger partial charge in [0.2, 0.25) is 0 Å². The molecule has 0 aromatic carbocycles. The van der Waals surface area contributed by atoms with E-state index in [0.29, 0.717) is 38.1 Å². The standard InChI is InChI=1S/C25H46O5/c1-4-6-11-15-25(3,27)16-14-20-19-22-24(30-18-17-29-22)21(20)12-9-7-8-10-13-23(26)28-5-2/h20-22,24,27H,4-19H2,1-3H3/t20-,21+,22?,24?,25?/m0/s1. The lowest BCUT2D eigenvalue weighted by Crippen LogP contribution is -2.38. The molecule has 0 radical (unpaired) electrons. The van der Waals surface area contributed by atoms with Crippen LogP contribution in [0.15, 0.2) is 0 Å². The molecule has 1 saturated heterocycles. The van der Waals surface area contributed by atoms with Gasteiger partial charge in [-0.15, -0.1) is 0 Å². The Morgan fingerprint density at radius 1 is 1.00 bits per heavy atom. The van der Waals surface area contributed by atoms with E-state index >= 15 is 0 Å². The second-order valence-electron chi connectivity index (χ2n) is 9.65. The van der Waals surface area contributed by atoms with Gasteiger partial charge in [0.25, 0.3) is 0 Å². The van der Waals surface area contributed by atoms with Gasteiger partial charge < -0.3 is 19.3 Å². The van der Waals surface area contributed by atoms with Crippen LogP contribution in [0, 0.1) is 11.8 Å². The van der Waals surface area contributed by atoms with E-state index in [9.17, 15) is 9.90 Å². The van der Waals surface area contributed by atoms with Gasteiger partial charge in [-0.2, -0.15) is 0 Å². The van der Waals surface area contributed by atoms with Gasteiger partial charge in [-0.05, 0) is 64.2 Å². The highest BCUT2D eigenvalue weighted by molar-refractivity contribution is 5.69. The first kappa shape index (κ1) is 25.6. The van der Waals surface area contributed by atoms with Gasteiger partial charge in [-0.3, -0.25) is 4.79 Å². The summed E-state index contributed by atoms with van der Waals surface area (Å²) in [5.74, 6) is 1.04. The average Bonchev–Trinajstić information content (AvgIpc) is 3.07. The second kappa shape index (κ2) is 13.7. The Kier molecular flexibility index (Phi) is 11.7. The first-order valence-corrected chi connectivity index (χ1v) is 12.6. The zero-order valence-electron chi connectivity index (χ0n) is 19.7. The Morgan fingerprint density at radius 3 is 2.53 bits per heavy atom. The normalized spacial score (nSPS) is 28.1. The number of hydrogen-bond acceptors (Lipinski definition) is 5. The van der Waals surface area contributed by atoms with Crippen molar-refractivity contribution in [3.05, 3.63) is 0 Å². The third kappa shape index (κ3) is 8.84. The van der Waals surface area contributed by atoms with Gasteiger partial charge in [0, 0.05) is 6.42 Å². The van der Waals surface area contributed by atoms with E-state index in [1.54, 1.807) is 0 Å². The highest BCUT2D eigenvalue weighted by atomic mass is 16.6. The molecule has 2 fully saturated rings. The molecule has 0 aromatic rings. The summed E-state index contributed by atoms with van der Waals surface area (Å²) < 4.78 is 17.2. The smallest absolute Gasteiger partial charge is 0.305 e. The van der Waals surface area contributed by atoms with Crippen molar-refractivity contribution in [3.8, 4) is 0 Å². The lowest BCUT2D eigenvalue weighted by atomic mass is 9.82. The van der Waals surface area contributed by atoms with E-state index in [0.717, 1.165) is 57.8 Å². The number of carbonyl (C=O) groups is 1. The van der Waals surface area contributed by atoms with Crippen molar-refractivity contribution in [2.24, 2.45) is 11.8 Å². The van der Waals surface area contributed by atoms with E-state index < -0.39 is 5.60 Å². The van der Waals surface area contributed by atoms with Crippen LogP contribution in [0.2, 0.25) is 0 Å². The van der Waals surface area contributed by atoms with Crippen LogP contribution in [0.5, 0.6) is 0 Å². The largest absolute Gasteiger partial charge is 0.466 e. The summed E-state index contributed by atoms with van der Waals surface area (Å²) in [5.41, 5.74) is -0.553. The van der Waals surface area contributed by atoms with Gasteiger partial charge in [0.1, 0.15) is 0 Å². The number of ether oxygens (including phenoxy) is 3. The molecule has 1 aliphatic heterocycles. The molecule has 0 spiro atoms. The number of esters is 1. The van der Waals surface area contributed by atoms with Crippen molar-refractivity contribution in [2.45, 2.75) is 122 Å². The van der Waals surface area contributed by atoms with E-state index in [2.05, 4.69) is 6.92 Å².